The minimum atomic E-state index is -0.266. The van der Waals surface area contributed by atoms with Crippen molar-refractivity contribution in [2.24, 2.45) is 0 Å². The van der Waals surface area contributed by atoms with Gasteiger partial charge < -0.3 is 0 Å². The molecule has 0 radical (unpaired) electrons. The van der Waals surface area contributed by atoms with Gasteiger partial charge in [0, 0.05) is 5.56 Å². The van der Waals surface area contributed by atoms with Gasteiger partial charge in [0.05, 0.1) is 10.4 Å². The molecule has 0 unspecified atom stereocenters. The Hall–Kier alpha value is -0.0800. The molecule has 3 heteroatoms. The third kappa shape index (κ3) is 1.50. The SMILES string of the molecule is Fc1c(Br)cccc1CCl. The Morgan fingerprint density at radius 2 is 2.20 bits per heavy atom. The van der Waals surface area contributed by atoms with Crippen LogP contribution in [0.2, 0.25) is 0 Å². The average molecular weight is 223 g/mol. The lowest BCUT2D eigenvalue weighted by atomic mass is 10.2. The highest BCUT2D eigenvalue weighted by Gasteiger charge is 2.02. The van der Waals surface area contributed by atoms with Crippen LogP contribution in [-0.4, -0.2) is 0 Å². The van der Waals surface area contributed by atoms with Gasteiger partial charge in [0.15, 0.2) is 0 Å². The minimum Gasteiger partial charge on any atom is -0.205 e. The van der Waals surface area contributed by atoms with Crippen molar-refractivity contribution in [2.75, 3.05) is 0 Å². The van der Waals surface area contributed by atoms with Gasteiger partial charge in [0.2, 0.25) is 0 Å². The largest absolute Gasteiger partial charge is 0.205 e. The first kappa shape index (κ1) is 8.02. The monoisotopic (exact) mass is 222 g/mol. The predicted octanol–water partition coefficient (Wildman–Crippen LogP) is 3.33. The maximum absolute atomic E-state index is 12.9. The summed E-state index contributed by atoms with van der Waals surface area (Å²) in [6.45, 7) is 0. The number of hydrogen-bond donors (Lipinski definition) is 0. The van der Waals surface area contributed by atoms with Crippen LogP contribution in [0, 0.1) is 5.82 Å². The third-order valence-electron chi connectivity index (χ3n) is 1.18. The number of halogens is 3. The second-order valence-electron chi connectivity index (χ2n) is 1.85. The minimum absolute atomic E-state index is 0.214. The summed E-state index contributed by atoms with van der Waals surface area (Å²) in [4.78, 5) is 0. The van der Waals surface area contributed by atoms with E-state index in [0.717, 1.165) is 0 Å². The Bertz CT molecular complexity index is 237. The van der Waals surface area contributed by atoms with E-state index < -0.39 is 0 Å². The van der Waals surface area contributed by atoms with Gasteiger partial charge in [-0.05, 0) is 22.0 Å². The van der Waals surface area contributed by atoms with E-state index in [1.807, 2.05) is 0 Å². The molecule has 1 aromatic rings. The molecule has 0 bridgehead atoms. The van der Waals surface area contributed by atoms with E-state index in [4.69, 9.17) is 11.6 Å². The van der Waals surface area contributed by atoms with Crippen molar-refractivity contribution in [3.63, 3.8) is 0 Å². The standard InChI is InChI=1S/C7H5BrClF/c8-6-3-1-2-5(4-9)7(6)10/h1-3H,4H2. The quantitative estimate of drug-likeness (QED) is 0.641. The number of alkyl halides is 1. The van der Waals surface area contributed by atoms with Gasteiger partial charge in [-0.15, -0.1) is 11.6 Å². The average Bonchev–Trinajstić information content (AvgIpc) is 1.95. The van der Waals surface area contributed by atoms with Crippen LogP contribution in [0.25, 0.3) is 0 Å². The Labute approximate surface area is 72.1 Å². The molecule has 0 fully saturated rings. The Morgan fingerprint density at radius 1 is 1.50 bits per heavy atom. The van der Waals surface area contributed by atoms with Crippen LogP contribution in [0.3, 0.4) is 0 Å². The molecular weight excluding hydrogens is 218 g/mol. The predicted molar refractivity (Wildman–Crippen MR) is 43.7 cm³/mol. The van der Waals surface area contributed by atoms with Crippen LogP contribution >= 0.6 is 27.5 Å². The Balaban J connectivity index is 3.14. The third-order valence-corrected chi connectivity index (χ3v) is 2.08. The van der Waals surface area contributed by atoms with Crippen molar-refractivity contribution in [2.45, 2.75) is 5.88 Å². The number of benzene rings is 1. The molecule has 0 heterocycles. The summed E-state index contributed by atoms with van der Waals surface area (Å²) in [5.41, 5.74) is 0.524. The lowest BCUT2D eigenvalue weighted by molar-refractivity contribution is 0.610. The molecule has 0 spiro atoms. The fourth-order valence-corrected chi connectivity index (χ4v) is 1.27. The van der Waals surface area contributed by atoms with Crippen LogP contribution in [0.15, 0.2) is 22.7 Å². The molecule has 0 aliphatic carbocycles. The van der Waals surface area contributed by atoms with E-state index in [1.165, 1.54) is 0 Å². The topological polar surface area (TPSA) is 0 Å². The van der Waals surface area contributed by atoms with Gasteiger partial charge in [-0.25, -0.2) is 4.39 Å². The molecule has 0 atom stereocenters. The van der Waals surface area contributed by atoms with E-state index in [2.05, 4.69) is 15.9 Å². The van der Waals surface area contributed by atoms with E-state index in [9.17, 15) is 4.39 Å². The van der Waals surface area contributed by atoms with E-state index in [-0.39, 0.29) is 11.7 Å². The maximum atomic E-state index is 12.9. The molecule has 0 nitrogen and oxygen atoms in total. The molecule has 54 valence electrons. The highest BCUT2D eigenvalue weighted by Crippen LogP contribution is 2.19. The number of rotatable bonds is 1. The second kappa shape index (κ2) is 3.35. The van der Waals surface area contributed by atoms with Crippen LogP contribution in [0.5, 0.6) is 0 Å². The summed E-state index contributed by atoms with van der Waals surface area (Å²) >= 11 is 8.50. The molecule has 0 aliphatic heterocycles. The molecule has 10 heavy (non-hydrogen) atoms. The summed E-state index contributed by atoms with van der Waals surface area (Å²) in [6.07, 6.45) is 0. The summed E-state index contributed by atoms with van der Waals surface area (Å²) in [7, 11) is 0. The van der Waals surface area contributed by atoms with Crippen molar-refractivity contribution < 1.29 is 4.39 Å². The van der Waals surface area contributed by atoms with Crippen molar-refractivity contribution in [1.82, 2.24) is 0 Å². The lowest BCUT2D eigenvalue weighted by Crippen LogP contribution is -1.85. The van der Waals surface area contributed by atoms with Gasteiger partial charge in [0.1, 0.15) is 5.82 Å². The maximum Gasteiger partial charge on any atom is 0.141 e. The molecule has 0 N–H and O–H groups in total. The molecule has 1 aromatic carbocycles. The highest BCUT2D eigenvalue weighted by molar-refractivity contribution is 9.10. The normalized spacial score (nSPS) is 9.90. The van der Waals surface area contributed by atoms with Gasteiger partial charge in [-0.2, -0.15) is 0 Å². The zero-order valence-corrected chi connectivity index (χ0v) is 7.41. The van der Waals surface area contributed by atoms with Crippen LogP contribution in [-0.2, 0) is 5.88 Å². The molecule has 0 saturated carbocycles. The first-order valence-electron chi connectivity index (χ1n) is 2.74. The van der Waals surface area contributed by atoms with Crippen LogP contribution < -0.4 is 0 Å². The summed E-state index contributed by atoms with van der Waals surface area (Å²) in [6, 6.07) is 5.06. The molecular formula is C7H5BrClF. The highest BCUT2D eigenvalue weighted by atomic mass is 79.9. The van der Waals surface area contributed by atoms with Crippen LogP contribution in [0.4, 0.5) is 4.39 Å². The molecule has 1 rings (SSSR count). The lowest BCUT2D eigenvalue weighted by Gasteiger charge is -1.98. The summed E-state index contributed by atoms with van der Waals surface area (Å²) in [5, 5.41) is 0. The van der Waals surface area contributed by atoms with Crippen molar-refractivity contribution in [3.8, 4) is 0 Å². The molecule has 0 amide bonds. The van der Waals surface area contributed by atoms with Gasteiger partial charge in [0.25, 0.3) is 0 Å². The van der Waals surface area contributed by atoms with Gasteiger partial charge >= 0.3 is 0 Å². The first-order valence-corrected chi connectivity index (χ1v) is 4.07. The van der Waals surface area contributed by atoms with E-state index in [1.54, 1.807) is 18.2 Å². The fourth-order valence-electron chi connectivity index (χ4n) is 0.652. The molecule has 0 aliphatic rings. The Kier molecular flexibility index (Phi) is 2.69. The van der Waals surface area contributed by atoms with E-state index in [0.29, 0.717) is 10.0 Å². The fraction of sp³-hybridized carbons (Fsp3) is 0.143. The molecule has 0 saturated heterocycles. The summed E-state index contributed by atoms with van der Waals surface area (Å²) in [5.74, 6) is -0.0526. The summed E-state index contributed by atoms with van der Waals surface area (Å²) < 4.78 is 13.3. The van der Waals surface area contributed by atoms with Gasteiger partial charge in [-0.3, -0.25) is 0 Å². The Morgan fingerprint density at radius 3 is 2.70 bits per heavy atom. The zero-order chi connectivity index (χ0) is 7.56. The first-order chi connectivity index (χ1) is 4.75. The molecule has 0 aromatic heterocycles. The zero-order valence-electron chi connectivity index (χ0n) is 5.07. The van der Waals surface area contributed by atoms with Crippen molar-refractivity contribution in [1.29, 1.82) is 0 Å². The second-order valence-corrected chi connectivity index (χ2v) is 2.97. The smallest absolute Gasteiger partial charge is 0.141 e. The van der Waals surface area contributed by atoms with Crippen LogP contribution in [0.1, 0.15) is 5.56 Å². The van der Waals surface area contributed by atoms with E-state index >= 15 is 0 Å². The number of hydrogen-bond acceptors (Lipinski definition) is 0. The van der Waals surface area contributed by atoms with Crippen molar-refractivity contribution in [3.05, 3.63) is 34.1 Å². The van der Waals surface area contributed by atoms with Gasteiger partial charge in [-0.1, -0.05) is 12.1 Å². The van der Waals surface area contributed by atoms with Crippen molar-refractivity contribution >= 4 is 27.5 Å².